The summed E-state index contributed by atoms with van der Waals surface area (Å²) in [6.45, 7) is 0.742. The molecule has 5 nitrogen and oxygen atoms in total. The van der Waals surface area contributed by atoms with Crippen molar-refractivity contribution >= 4 is 27.3 Å². The molecule has 0 radical (unpaired) electrons. The maximum Gasteiger partial charge on any atom is 0.226 e. The first-order chi connectivity index (χ1) is 16.2. The molecular weight excluding hydrogens is 478 g/mol. The molecule has 0 atom stereocenters. The number of aromatic nitrogens is 1. The number of ether oxygens (including phenoxy) is 2. The molecule has 1 heterocycles. The van der Waals surface area contributed by atoms with Crippen LogP contribution < -0.4 is 14.8 Å². The fraction of sp³-hybridized carbons (Fsp3) is 0.111. The quantitative estimate of drug-likeness (QED) is 0.258. The summed E-state index contributed by atoms with van der Waals surface area (Å²) in [7, 11) is 1.84. The van der Waals surface area contributed by atoms with Gasteiger partial charge in [-0.25, -0.2) is 0 Å². The highest BCUT2D eigenvalue weighted by atomic mass is 79.9. The maximum atomic E-state index is 8.92. The zero-order valence-electron chi connectivity index (χ0n) is 18.2. The van der Waals surface area contributed by atoms with Gasteiger partial charge in [-0.1, -0.05) is 72.8 Å². The Morgan fingerprint density at radius 3 is 2.06 bits per heavy atom. The number of pyridine rings is 1. The second-order valence-electron chi connectivity index (χ2n) is 7.34. The van der Waals surface area contributed by atoms with E-state index < -0.39 is 0 Å². The molecule has 1 aromatic heterocycles. The average Bonchev–Trinajstić information content (AvgIpc) is 2.87. The van der Waals surface area contributed by atoms with Crippen molar-refractivity contribution < 1.29 is 9.47 Å². The highest BCUT2D eigenvalue weighted by Crippen LogP contribution is 2.31. The smallest absolute Gasteiger partial charge is 0.226 e. The first-order valence-corrected chi connectivity index (χ1v) is 11.3. The predicted molar refractivity (Wildman–Crippen MR) is 135 cm³/mol. The normalized spacial score (nSPS) is 10.5. The molecule has 0 unspecified atom stereocenters. The van der Waals surface area contributed by atoms with E-state index in [1.807, 2.05) is 92.0 Å². The van der Waals surface area contributed by atoms with Crippen molar-refractivity contribution in [2.75, 3.05) is 12.4 Å². The molecule has 33 heavy (non-hydrogen) atoms. The molecule has 0 aliphatic carbocycles. The summed E-state index contributed by atoms with van der Waals surface area (Å²) in [5.41, 5.74) is 4.55. The van der Waals surface area contributed by atoms with Crippen molar-refractivity contribution in [3.05, 3.63) is 118 Å². The Bertz CT molecular complexity index is 1230. The monoisotopic (exact) mass is 501 g/mol. The number of nitrogens with zero attached hydrogens (tertiary/aromatic N) is 1. The van der Waals surface area contributed by atoms with Crippen molar-refractivity contribution in [2.45, 2.75) is 13.2 Å². The van der Waals surface area contributed by atoms with Gasteiger partial charge in [-0.15, -0.1) is 0 Å². The minimum atomic E-state index is 0.311. The Labute approximate surface area is 202 Å². The van der Waals surface area contributed by atoms with E-state index in [1.54, 1.807) is 6.07 Å². The number of hydrogen-bond donors (Lipinski definition) is 2. The van der Waals surface area contributed by atoms with Crippen LogP contribution in [0.5, 0.6) is 11.8 Å². The summed E-state index contributed by atoms with van der Waals surface area (Å²) >= 11 is 3.56. The summed E-state index contributed by atoms with van der Waals surface area (Å²) in [5.74, 6) is 0.804. The van der Waals surface area contributed by atoms with E-state index in [0.717, 1.165) is 26.9 Å². The van der Waals surface area contributed by atoms with Gasteiger partial charge in [0.15, 0.2) is 0 Å². The number of nitrogens with one attached hydrogen (secondary N) is 2. The molecule has 6 heteroatoms. The number of rotatable bonds is 9. The van der Waals surface area contributed by atoms with Gasteiger partial charge < -0.3 is 14.8 Å². The summed E-state index contributed by atoms with van der Waals surface area (Å²) in [4.78, 5) is 4.61. The van der Waals surface area contributed by atoms with Gasteiger partial charge in [-0.3, -0.25) is 5.41 Å². The van der Waals surface area contributed by atoms with Gasteiger partial charge in [-0.2, -0.15) is 4.98 Å². The molecule has 166 valence electrons. The minimum absolute atomic E-state index is 0.311. The Hall–Kier alpha value is -3.64. The van der Waals surface area contributed by atoms with E-state index in [0.29, 0.717) is 36.2 Å². The van der Waals surface area contributed by atoms with Crippen LogP contribution in [-0.4, -0.2) is 17.7 Å². The van der Waals surface area contributed by atoms with Crippen molar-refractivity contribution in [1.82, 2.24) is 4.98 Å². The maximum absolute atomic E-state index is 8.92. The van der Waals surface area contributed by atoms with Crippen molar-refractivity contribution in [1.29, 1.82) is 5.41 Å². The third-order valence-corrected chi connectivity index (χ3v) is 5.75. The summed E-state index contributed by atoms with van der Waals surface area (Å²) in [6.07, 6.45) is 0. The van der Waals surface area contributed by atoms with Crippen LogP contribution in [0.4, 0.5) is 5.69 Å². The number of hydrogen-bond acceptors (Lipinski definition) is 5. The van der Waals surface area contributed by atoms with Gasteiger partial charge in [0.2, 0.25) is 11.8 Å². The molecule has 0 aliphatic rings. The van der Waals surface area contributed by atoms with Crippen molar-refractivity contribution in [2.24, 2.45) is 0 Å². The van der Waals surface area contributed by atoms with Crippen LogP contribution in [0.25, 0.3) is 0 Å². The van der Waals surface area contributed by atoms with Crippen molar-refractivity contribution in [3.63, 3.8) is 0 Å². The first-order valence-electron chi connectivity index (χ1n) is 10.6. The van der Waals surface area contributed by atoms with Crippen LogP contribution in [-0.2, 0) is 13.2 Å². The van der Waals surface area contributed by atoms with Crippen LogP contribution in [0.1, 0.15) is 22.3 Å². The third kappa shape index (κ3) is 5.59. The number of benzene rings is 3. The van der Waals surface area contributed by atoms with E-state index in [1.165, 1.54) is 0 Å². The zero-order chi connectivity index (χ0) is 23.0. The highest BCUT2D eigenvalue weighted by Gasteiger charge is 2.18. The first kappa shape index (κ1) is 22.6. The van der Waals surface area contributed by atoms with Crippen LogP contribution in [0.2, 0.25) is 0 Å². The van der Waals surface area contributed by atoms with E-state index in [-0.39, 0.29) is 0 Å². The topological polar surface area (TPSA) is 67.2 Å². The molecule has 0 amide bonds. The van der Waals surface area contributed by atoms with Crippen LogP contribution >= 0.6 is 15.9 Å². The Kier molecular flexibility index (Phi) is 7.37. The van der Waals surface area contributed by atoms with Gasteiger partial charge in [0, 0.05) is 23.2 Å². The minimum Gasteiger partial charge on any atom is -0.473 e. The molecule has 4 rings (SSSR count). The largest absolute Gasteiger partial charge is 0.473 e. The molecular formula is C27H24BrN3O2. The highest BCUT2D eigenvalue weighted by molar-refractivity contribution is 9.10. The van der Waals surface area contributed by atoms with Gasteiger partial charge >= 0.3 is 0 Å². The molecule has 0 spiro atoms. The summed E-state index contributed by atoms with van der Waals surface area (Å²) < 4.78 is 12.9. The molecule has 2 N–H and O–H groups in total. The average molecular weight is 502 g/mol. The van der Waals surface area contributed by atoms with E-state index in [4.69, 9.17) is 14.9 Å². The lowest BCUT2D eigenvalue weighted by molar-refractivity contribution is 0.267. The van der Waals surface area contributed by atoms with Gasteiger partial charge in [-0.05, 0) is 39.2 Å². The molecule has 0 saturated carbocycles. The number of para-hydroxylation sites is 1. The number of halogens is 1. The fourth-order valence-corrected chi connectivity index (χ4v) is 3.96. The SMILES string of the molecule is CNc1c(Br)cccc1C(=N)c1ccc(OCc2ccccc2)nc1OCc1ccccc1. The zero-order valence-corrected chi connectivity index (χ0v) is 19.8. The molecule has 4 aromatic rings. The van der Waals surface area contributed by atoms with Gasteiger partial charge in [0.1, 0.15) is 13.2 Å². The predicted octanol–water partition coefficient (Wildman–Crippen LogP) is 6.46. The molecule has 3 aromatic carbocycles. The van der Waals surface area contributed by atoms with E-state index >= 15 is 0 Å². The Morgan fingerprint density at radius 2 is 1.42 bits per heavy atom. The summed E-state index contributed by atoms with van der Waals surface area (Å²) in [5, 5.41) is 12.1. The van der Waals surface area contributed by atoms with Gasteiger partial charge in [0.25, 0.3) is 0 Å². The third-order valence-electron chi connectivity index (χ3n) is 5.08. The molecule has 0 fully saturated rings. The van der Waals surface area contributed by atoms with Crippen LogP contribution in [0, 0.1) is 5.41 Å². The molecule has 0 bridgehead atoms. The molecule has 0 aliphatic heterocycles. The standard InChI is InChI=1S/C27H24BrN3O2/c1-30-26-21(13-8-14-23(26)28)25(29)22-15-16-24(32-17-19-9-4-2-5-10-19)31-27(22)33-18-20-11-6-3-7-12-20/h2-16,29-30H,17-18H2,1H3. The second-order valence-corrected chi connectivity index (χ2v) is 8.19. The summed E-state index contributed by atoms with van der Waals surface area (Å²) in [6, 6.07) is 29.2. The van der Waals surface area contributed by atoms with Crippen LogP contribution in [0.3, 0.4) is 0 Å². The Morgan fingerprint density at radius 1 is 0.788 bits per heavy atom. The Balaban J connectivity index is 1.64. The molecule has 0 saturated heterocycles. The van der Waals surface area contributed by atoms with E-state index in [9.17, 15) is 0 Å². The second kappa shape index (κ2) is 10.8. The van der Waals surface area contributed by atoms with Gasteiger partial charge in [0.05, 0.1) is 17.0 Å². The van der Waals surface area contributed by atoms with Crippen LogP contribution in [0.15, 0.2) is 95.5 Å². The fourth-order valence-electron chi connectivity index (χ4n) is 3.39. The number of anilines is 1. The lowest BCUT2D eigenvalue weighted by Gasteiger charge is -2.16. The lowest BCUT2D eigenvalue weighted by Crippen LogP contribution is -2.10. The van der Waals surface area contributed by atoms with E-state index in [2.05, 4.69) is 26.2 Å². The lowest BCUT2D eigenvalue weighted by atomic mass is 10.0. The van der Waals surface area contributed by atoms with Crippen molar-refractivity contribution in [3.8, 4) is 11.8 Å².